The molecule has 2 atom stereocenters. The Balaban J connectivity index is 0.00000243. The second kappa shape index (κ2) is 9.24. The van der Waals surface area contributed by atoms with E-state index in [0.717, 1.165) is 30.9 Å². The molecule has 0 saturated carbocycles. The van der Waals surface area contributed by atoms with Crippen molar-refractivity contribution in [3.63, 3.8) is 0 Å². The SMILES string of the molecule is COc1cc(C[C@H]2CCN(C(C)c3cccc(OC)n3)C2)cc(C)n1.S. The van der Waals surface area contributed by atoms with Gasteiger partial charge in [0.05, 0.1) is 19.9 Å². The van der Waals surface area contributed by atoms with Crippen LogP contribution in [0, 0.1) is 12.8 Å². The molecule has 0 aliphatic carbocycles. The molecular weight excluding hydrogens is 346 g/mol. The van der Waals surface area contributed by atoms with Gasteiger partial charge in [0.2, 0.25) is 11.8 Å². The van der Waals surface area contributed by atoms with Crippen molar-refractivity contribution < 1.29 is 9.47 Å². The van der Waals surface area contributed by atoms with E-state index in [-0.39, 0.29) is 13.5 Å². The van der Waals surface area contributed by atoms with E-state index in [4.69, 9.17) is 9.47 Å². The highest BCUT2D eigenvalue weighted by Gasteiger charge is 2.27. The maximum absolute atomic E-state index is 5.30. The van der Waals surface area contributed by atoms with E-state index in [2.05, 4.69) is 40.0 Å². The number of aryl methyl sites for hydroxylation is 1. The third kappa shape index (κ3) is 4.89. The Labute approximate surface area is 163 Å². The van der Waals surface area contributed by atoms with E-state index in [1.165, 1.54) is 12.0 Å². The Morgan fingerprint density at radius 1 is 1.15 bits per heavy atom. The topological polar surface area (TPSA) is 47.5 Å². The predicted molar refractivity (Wildman–Crippen MR) is 108 cm³/mol. The quantitative estimate of drug-likeness (QED) is 0.773. The molecule has 0 bridgehead atoms. The first-order valence-electron chi connectivity index (χ1n) is 8.85. The minimum Gasteiger partial charge on any atom is -0.481 e. The number of hydrogen-bond acceptors (Lipinski definition) is 5. The van der Waals surface area contributed by atoms with Gasteiger partial charge in [0.1, 0.15) is 0 Å². The van der Waals surface area contributed by atoms with Gasteiger partial charge in [-0.2, -0.15) is 13.5 Å². The van der Waals surface area contributed by atoms with Crippen LogP contribution in [0.3, 0.4) is 0 Å². The average Bonchev–Trinajstić information content (AvgIpc) is 3.09. The Hall–Kier alpha value is -1.79. The minimum atomic E-state index is 0. The van der Waals surface area contributed by atoms with Crippen molar-refractivity contribution in [2.75, 3.05) is 27.3 Å². The van der Waals surface area contributed by atoms with E-state index in [0.29, 0.717) is 23.7 Å². The van der Waals surface area contributed by atoms with Crippen LogP contribution < -0.4 is 9.47 Å². The number of ether oxygens (including phenoxy) is 2. The van der Waals surface area contributed by atoms with Crippen LogP contribution in [0.25, 0.3) is 0 Å². The summed E-state index contributed by atoms with van der Waals surface area (Å²) in [7, 11) is 3.33. The lowest BCUT2D eigenvalue weighted by molar-refractivity contribution is 0.246. The Bertz CT molecular complexity index is 726. The molecule has 3 rings (SSSR count). The highest BCUT2D eigenvalue weighted by atomic mass is 32.1. The van der Waals surface area contributed by atoms with Crippen molar-refractivity contribution in [3.05, 3.63) is 47.3 Å². The molecule has 0 spiro atoms. The van der Waals surface area contributed by atoms with Crippen LogP contribution in [-0.4, -0.2) is 42.2 Å². The fraction of sp³-hybridized carbons (Fsp3) is 0.500. The summed E-state index contributed by atoms with van der Waals surface area (Å²) in [6, 6.07) is 10.5. The summed E-state index contributed by atoms with van der Waals surface area (Å²) >= 11 is 0. The summed E-state index contributed by atoms with van der Waals surface area (Å²) in [4.78, 5) is 11.5. The van der Waals surface area contributed by atoms with Crippen molar-refractivity contribution >= 4 is 13.5 Å². The Morgan fingerprint density at radius 2 is 1.92 bits per heavy atom. The molecule has 0 amide bonds. The molecule has 1 aliphatic heterocycles. The van der Waals surface area contributed by atoms with Crippen LogP contribution in [-0.2, 0) is 6.42 Å². The highest BCUT2D eigenvalue weighted by Crippen LogP contribution is 2.29. The minimum absolute atomic E-state index is 0. The average molecular weight is 376 g/mol. The van der Waals surface area contributed by atoms with E-state index in [1.807, 2.05) is 19.1 Å². The van der Waals surface area contributed by atoms with Crippen molar-refractivity contribution in [2.45, 2.75) is 32.7 Å². The van der Waals surface area contributed by atoms with Crippen LogP contribution >= 0.6 is 13.5 Å². The van der Waals surface area contributed by atoms with Crippen molar-refractivity contribution in [1.29, 1.82) is 0 Å². The molecular formula is C20H29N3O2S. The van der Waals surface area contributed by atoms with Crippen molar-refractivity contribution in [2.24, 2.45) is 5.92 Å². The molecule has 1 unspecified atom stereocenters. The first-order valence-corrected chi connectivity index (χ1v) is 8.85. The number of nitrogens with zero attached hydrogens (tertiary/aromatic N) is 3. The number of hydrogen-bond donors (Lipinski definition) is 0. The zero-order valence-electron chi connectivity index (χ0n) is 16.0. The van der Waals surface area contributed by atoms with Crippen LogP contribution in [0.15, 0.2) is 30.3 Å². The van der Waals surface area contributed by atoms with E-state index < -0.39 is 0 Å². The molecule has 1 fully saturated rings. The first-order chi connectivity index (χ1) is 12.1. The largest absolute Gasteiger partial charge is 0.481 e. The van der Waals surface area contributed by atoms with Gasteiger partial charge in [0.25, 0.3) is 0 Å². The molecule has 2 aromatic heterocycles. The Kier molecular flexibility index (Phi) is 7.29. The van der Waals surface area contributed by atoms with Crippen molar-refractivity contribution in [1.82, 2.24) is 14.9 Å². The number of rotatable bonds is 6. The maximum Gasteiger partial charge on any atom is 0.213 e. The molecule has 2 aromatic rings. The van der Waals surface area contributed by atoms with Gasteiger partial charge in [0, 0.05) is 30.4 Å². The lowest BCUT2D eigenvalue weighted by Crippen LogP contribution is -2.25. The Morgan fingerprint density at radius 3 is 2.65 bits per heavy atom. The van der Waals surface area contributed by atoms with E-state index >= 15 is 0 Å². The van der Waals surface area contributed by atoms with Gasteiger partial charge in [-0.1, -0.05) is 6.07 Å². The first kappa shape index (κ1) is 20.5. The number of pyridine rings is 2. The van der Waals surface area contributed by atoms with E-state index in [9.17, 15) is 0 Å². The summed E-state index contributed by atoms with van der Waals surface area (Å²) in [6.07, 6.45) is 2.27. The lowest BCUT2D eigenvalue weighted by Gasteiger charge is -2.24. The molecule has 1 aliphatic rings. The number of aromatic nitrogens is 2. The molecule has 142 valence electrons. The molecule has 0 aromatic carbocycles. The molecule has 3 heterocycles. The standard InChI is InChI=1S/C20H27N3O2.H2S/c1-14-10-17(12-20(21-14)25-4)11-16-8-9-23(13-16)15(2)18-6-5-7-19(22-18)24-3;/h5-7,10,12,15-16H,8-9,11,13H2,1-4H3;1H2/t15?,16-;/m1./s1. The zero-order valence-corrected chi connectivity index (χ0v) is 17.0. The van der Waals surface area contributed by atoms with Gasteiger partial charge in [-0.05, 0) is 56.8 Å². The molecule has 1 saturated heterocycles. The normalized spacial score (nSPS) is 18.2. The second-order valence-corrected chi connectivity index (χ2v) is 6.79. The molecule has 26 heavy (non-hydrogen) atoms. The maximum atomic E-state index is 5.30. The van der Waals surface area contributed by atoms with Gasteiger partial charge >= 0.3 is 0 Å². The summed E-state index contributed by atoms with van der Waals surface area (Å²) in [6.45, 7) is 6.43. The van der Waals surface area contributed by atoms with Gasteiger partial charge in [0.15, 0.2) is 0 Å². The fourth-order valence-corrected chi connectivity index (χ4v) is 3.61. The summed E-state index contributed by atoms with van der Waals surface area (Å²) in [5.41, 5.74) is 3.39. The third-order valence-corrected chi connectivity index (χ3v) is 4.97. The lowest BCUT2D eigenvalue weighted by atomic mass is 9.99. The highest BCUT2D eigenvalue weighted by molar-refractivity contribution is 7.59. The van der Waals surface area contributed by atoms with Crippen LogP contribution in [0.1, 0.15) is 36.3 Å². The summed E-state index contributed by atoms with van der Waals surface area (Å²) < 4.78 is 10.6. The summed E-state index contributed by atoms with van der Waals surface area (Å²) in [5, 5.41) is 0. The monoisotopic (exact) mass is 375 g/mol. The van der Waals surface area contributed by atoms with E-state index in [1.54, 1.807) is 14.2 Å². The second-order valence-electron chi connectivity index (χ2n) is 6.79. The van der Waals surface area contributed by atoms with Gasteiger partial charge in [-0.15, -0.1) is 0 Å². The number of likely N-dealkylation sites (tertiary alicyclic amines) is 1. The van der Waals surface area contributed by atoms with Crippen LogP contribution in [0.2, 0.25) is 0 Å². The predicted octanol–water partition coefficient (Wildman–Crippen LogP) is 3.54. The van der Waals surface area contributed by atoms with Gasteiger partial charge in [-0.3, -0.25) is 4.90 Å². The summed E-state index contributed by atoms with van der Waals surface area (Å²) in [5.74, 6) is 2.04. The molecule has 0 radical (unpaired) electrons. The van der Waals surface area contributed by atoms with Gasteiger partial charge < -0.3 is 9.47 Å². The van der Waals surface area contributed by atoms with Crippen molar-refractivity contribution in [3.8, 4) is 11.8 Å². The fourth-order valence-electron chi connectivity index (χ4n) is 3.61. The molecule has 6 heteroatoms. The van der Waals surface area contributed by atoms with Gasteiger partial charge in [-0.25, -0.2) is 9.97 Å². The number of methoxy groups -OCH3 is 2. The molecule has 0 N–H and O–H groups in total. The molecule has 5 nitrogen and oxygen atoms in total. The van der Waals surface area contributed by atoms with Crippen LogP contribution in [0.5, 0.6) is 11.8 Å². The zero-order chi connectivity index (χ0) is 17.8. The van der Waals surface area contributed by atoms with Crippen LogP contribution in [0.4, 0.5) is 0 Å². The third-order valence-electron chi connectivity index (χ3n) is 4.97. The smallest absolute Gasteiger partial charge is 0.213 e.